The highest BCUT2D eigenvalue weighted by Gasteiger charge is 2.32. The normalized spacial score (nSPS) is 17.6. The van der Waals surface area contributed by atoms with Crippen LogP contribution >= 0.6 is 11.6 Å². The lowest BCUT2D eigenvalue weighted by molar-refractivity contribution is -0.141. The second-order valence-electron chi connectivity index (χ2n) is 5.09. The van der Waals surface area contributed by atoms with E-state index in [2.05, 4.69) is 10.3 Å². The van der Waals surface area contributed by atoms with Crippen LogP contribution in [0.3, 0.4) is 0 Å². The maximum absolute atomic E-state index is 12.4. The predicted octanol–water partition coefficient (Wildman–Crippen LogP) is 4.33. The van der Waals surface area contributed by atoms with Gasteiger partial charge in [-0.25, -0.2) is 4.98 Å². The fourth-order valence-electron chi connectivity index (χ4n) is 2.57. The Morgan fingerprint density at radius 2 is 1.86 bits per heavy atom. The smallest absolute Gasteiger partial charge is 0.380 e. The van der Waals surface area contributed by atoms with Crippen LogP contribution in [-0.2, 0) is 19.0 Å². The second-order valence-corrected chi connectivity index (χ2v) is 5.53. The molecule has 1 N–H and O–H groups in total. The lowest BCUT2D eigenvalue weighted by atomic mass is 10.1. The topological polar surface area (TPSA) is 24.9 Å². The molecule has 0 saturated heterocycles. The summed E-state index contributed by atoms with van der Waals surface area (Å²) in [4.78, 5) is 3.45. The first-order valence-electron chi connectivity index (χ1n) is 6.49. The van der Waals surface area contributed by atoms with Crippen LogP contribution in [0.4, 0.5) is 18.9 Å². The van der Waals surface area contributed by atoms with Crippen LogP contribution in [0.5, 0.6) is 0 Å². The molecule has 0 spiro atoms. The van der Waals surface area contributed by atoms with Gasteiger partial charge in [0, 0.05) is 11.1 Å². The van der Waals surface area contributed by atoms with E-state index < -0.39 is 11.9 Å². The van der Waals surface area contributed by atoms with Gasteiger partial charge in [-0.15, -0.1) is 0 Å². The zero-order valence-electron chi connectivity index (χ0n) is 10.9. The third-order valence-electron chi connectivity index (χ3n) is 3.53. The molecule has 1 atom stereocenters. The molecular weight excluding hydrogens is 301 g/mol. The molecule has 21 heavy (non-hydrogen) atoms. The molecule has 0 amide bonds. The molecule has 0 saturated carbocycles. The molecule has 1 unspecified atom stereocenters. The number of halogens is 4. The fourth-order valence-corrected chi connectivity index (χ4v) is 2.77. The van der Waals surface area contributed by atoms with E-state index in [1.165, 1.54) is 23.4 Å². The Labute approximate surface area is 125 Å². The zero-order chi connectivity index (χ0) is 15.0. The first-order chi connectivity index (χ1) is 9.91. The number of pyridine rings is 1. The van der Waals surface area contributed by atoms with Gasteiger partial charge < -0.3 is 5.32 Å². The second kappa shape index (κ2) is 5.22. The summed E-state index contributed by atoms with van der Waals surface area (Å²) < 4.78 is 37.3. The number of fused-ring (bicyclic) bond motifs is 1. The van der Waals surface area contributed by atoms with Gasteiger partial charge >= 0.3 is 6.18 Å². The van der Waals surface area contributed by atoms with Gasteiger partial charge in [-0.2, -0.15) is 13.2 Å². The third-order valence-corrected chi connectivity index (χ3v) is 3.76. The maximum atomic E-state index is 12.4. The molecule has 0 fully saturated rings. The molecule has 3 rings (SSSR count). The molecule has 0 bridgehead atoms. The van der Waals surface area contributed by atoms with Crippen molar-refractivity contribution in [2.75, 3.05) is 5.32 Å². The van der Waals surface area contributed by atoms with E-state index in [1.54, 1.807) is 0 Å². The summed E-state index contributed by atoms with van der Waals surface area (Å²) in [5.74, 6) is 0. The monoisotopic (exact) mass is 312 g/mol. The van der Waals surface area contributed by atoms with Gasteiger partial charge in [0.05, 0.1) is 11.9 Å². The standard InChI is InChI=1S/C15H12ClF3N2/c16-11-2-1-9-6-13(7-10(9)5-11)21-12-3-4-14(20-8-12)15(17,18)19/h1-5,8,13,21H,6-7H2. The van der Waals surface area contributed by atoms with Gasteiger partial charge in [-0.3, -0.25) is 0 Å². The highest BCUT2D eigenvalue weighted by atomic mass is 35.5. The van der Waals surface area contributed by atoms with E-state index in [1.807, 2.05) is 18.2 Å². The number of hydrogen-bond acceptors (Lipinski definition) is 2. The Morgan fingerprint density at radius 1 is 1.10 bits per heavy atom. The summed E-state index contributed by atoms with van der Waals surface area (Å²) in [6, 6.07) is 8.32. The van der Waals surface area contributed by atoms with Crippen LogP contribution in [0, 0.1) is 0 Å². The van der Waals surface area contributed by atoms with Crippen molar-refractivity contribution in [2.45, 2.75) is 25.1 Å². The van der Waals surface area contributed by atoms with Gasteiger partial charge in [0.1, 0.15) is 5.69 Å². The minimum atomic E-state index is -4.40. The molecule has 2 nitrogen and oxygen atoms in total. The number of nitrogens with zero attached hydrogens (tertiary/aromatic N) is 1. The summed E-state index contributed by atoms with van der Waals surface area (Å²) in [5.41, 5.74) is 2.11. The summed E-state index contributed by atoms with van der Waals surface area (Å²) in [5, 5.41) is 3.91. The summed E-state index contributed by atoms with van der Waals surface area (Å²) in [7, 11) is 0. The average Bonchev–Trinajstić information content (AvgIpc) is 2.79. The van der Waals surface area contributed by atoms with Gasteiger partial charge in [0.2, 0.25) is 0 Å². The van der Waals surface area contributed by atoms with Crippen molar-refractivity contribution in [3.63, 3.8) is 0 Å². The molecule has 0 radical (unpaired) electrons. The molecule has 1 aliphatic carbocycles. The van der Waals surface area contributed by atoms with Gasteiger partial charge in [0.15, 0.2) is 0 Å². The Bertz CT molecular complexity index is 653. The molecule has 6 heteroatoms. The van der Waals surface area contributed by atoms with Gasteiger partial charge in [-0.1, -0.05) is 17.7 Å². The highest BCUT2D eigenvalue weighted by molar-refractivity contribution is 6.30. The minimum Gasteiger partial charge on any atom is -0.380 e. The minimum absolute atomic E-state index is 0.150. The Balaban J connectivity index is 1.69. The Morgan fingerprint density at radius 3 is 2.52 bits per heavy atom. The molecule has 0 aliphatic heterocycles. The number of rotatable bonds is 2. The molecule has 2 aromatic rings. The van der Waals surface area contributed by atoms with Crippen LogP contribution in [0.2, 0.25) is 5.02 Å². The quantitative estimate of drug-likeness (QED) is 0.892. The van der Waals surface area contributed by atoms with Crippen molar-refractivity contribution in [3.05, 3.63) is 58.4 Å². The van der Waals surface area contributed by atoms with E-state index in [-0.39, 0.29) is 6.04 Å². The lowest BCUT2D eigenvalue weighted by Crippen LogP contribution is -2.19. The zero-order valence-corrected chi connectivity index (χ0v) is 11.7. The first kappa shape index (κ1) is 14.2. The van der Waals surface area contributed by atoms with E-state index in [9.17, 15) is 13.2 Å². The van der Waals surface area contributed by atoms with Crippen molar-refractivity contribution in [1.82, 2.24) is 4.98 Å². The van der Waals surface area contributed by atoms with E-state index in [0.717, 1.165) is 18.9 Å². The SMILES string of the molecule is FC(F)(F)c1ccc(NC2Cc3ccc(Cl)cc3C2)cn1. The summed E-state index contributed by atoms with van der Waals surface area (Å²) in [6.07, 6.45) is -1.55. The number of nitrogens with one attached hydrogen (secondary N) is 1. The molecule has 1 aromatic carbocycles. The van der Waals surface area contributed by atoms with Crippen LogP contribution < -0.4 is 5.32 Å². The predicted molar refractivity (Wildman–Crippen MR) is 75.5 cm³/mol. The van der Waals surface area contributed by atoms with E-state index >= 15 is 0 Å². The number of anilines is 1. The van der Waals surface area contributed by atoms with Crippen molar-refractivity contribution in [1.29, 1.82) is 0 Å². The number of aromatic nitrogens is 1. The van der Waals surface area contributed by atoms with Crippen molar-refractivity contribution < 1.29 is 13.2 Å². The van der Waals surface area contributed by atoms with Crippen molar-refractivity contribution in [3.8, 4) is 0 Å². The number of benzene rings is 1. The van der Waals surface area contributed by atoms with Gasteiger partial charge in [0.25, 0.3) is 0 Å². The number of hydrogen-bond donors (Lipinski definition) is 1. The molecule has 110 valence electrons. The molecule has 1 aromatic heterocycles. The molecule has 1 heterocycles. The highest BCUT2D eigenvalue weighted by Crippen LogP contribution is 2.29. The maximum Gasteiger partial charge on any atom is 0.433 e. The van der Waals surface area contributed by atoms with Crippen LogP contribution in [-0.4, -0.2) is 11.0 Å². The third kappa shape index (κ3) is 3.13. The van der Waals surface area contributed by atoms with Crippen molar-refractivity contribution in [2.24, 2.45) is 0 Å². The van der Waals surface area contributed by atoms with E-state index in [0.29, 0.717) is 10.7 Å². The van der Waals surface area contributed by atoms with E-state index in [4.69, 9.17) is 11.6 Å². The summed E-state index contributed by atoms with van der Waals surface area (Å²) >= 11 is 5.95. The number of alkyl halides is 3. The lowest BCUT2D eigenvalue weighted by Gasteiger charge is -2.14. The summed E-state index contributed by atoms with van der Waals surface area (Å²) in [6.45, 7) is 0. The van der Waals surface area contributed by atoms with Crippen LogP contribution in [0.25, 0.3) is 0 Å². The Hall–Kier alpha value is -1.75. The Kier molecular flexibility index (Phi) is 3.53. The first-order valence-corrected chi connectivity index (χ1v) is 6.87. The molecule has 1 aliphatic rings. The molecular formula is C15H12ClF3N2. The van der Waals surface area contributed by atoms with Crippen molar-refractivity contribution >= 4 is 17.3 Å². The fraction of sp³-hybridized carbons (Fsp3) is 0.267. The largest absolute Gasteiger partial charge is 0.433 e. The average molecular weight is 313 g/mol. The van der Waals surface area contributed by atoms with Gasteiger partial charge in [-0.05, 0) is 48.2 Å². The van der Waals surface area contributed by atoms with Crippen LogP contribution in [0.15, 0.2) is 36.5 Å². The van der Waals surface area contributed by atoms with Crippen LogP contribution in [0.1, 0.15) is 16.8 Å².